The lowest BCUT2D eigenvalue weighted by Gasteiger charge is -2.34. The molecule has 1 fully saturated rings. The first-order valence-electron chi connectivity index (χ1n) is 12.1. The lowest BCUT2D eigenvalue weighted by Crippen LogP contribution is -2.38. The number of para-hydroxylation sites is 1. The maximum atomic E-state index is 9.75. The summed E-state index contributed by atoms with van der Waals surface area (Å²) in [5, 5.41) is 15.7. The summed E-state index contributed by atoms with van der Waals surface area (Å²) < 4.78 is 11.2. The van der Waals surface area contributed by atoms with Crippen molar-refractivity contribution in [1.29, 1.82) is 0 Å². The largest absolute Gasteiger partial charge is 0.454 e. The van der Waals surface area contributed by atoms with E-state index in [9.17, 15) is 5.11 Å². The Bertz CT molecular complexity index is 1320. The molecule has 2 aromatic carbocycles. The smallest absolute Gasteiger partial charge is 0.231 e. The second kappa shape index (κ2) is 9.16. The van der Waals surface area contributed by atoms with E-state index in [1.165, 1.54) is 22.0 Å². The van der Waals surface area contributed by atoms with Gasteiger partial charge in [-0.05, 0) is 55.5 Å². The van der Waals surface area contributed by atoms with E-state index in [0.717, 1.165) is 73.7 Å². The van der Waals surface area contributed by atoms with Crippen molar-refractivity contribution in [2.75, 3.05) is 37.9 Å². The van der Waals surface area contributed by atoms with Crippen molar-refractivity contribution in [3.05, 3.63) is 59.8 Å². The maximum absolute atomic E-state index is 9.75. The summed E-state index contributed by atoms with van der Waals surface area (Å²) in [7, 11) is 0. The summed E-state index contributed by atoms with van der Waals surface area (Å²) >= 11 is 0. The van der Waals surface area contributed by atoms with Crippen molar-refractivity contribution >= 4 is 27.6 Å². The molecule has 176 valence electrons. The molecule has 7 nitrogen and oxygen atoms in total. The van der Waals surface area contributed by atoms with Crippen LogP contribution in [0.3, 0.4) is 0 Å². The molecule has 4 aromatic rings. The van der Waals surface area contributed by atoms with Gasteiger partial charge in [0.25, 0.3) is 0 Å². The Labute approximate surface area is 198 Å². The Hall–Kier alpha value is -3.29. The van der Waals surface area contributed by atoms with E-state index < -0.39 is 0 Å². The number of pyridine rings is 1. The Balaban J connectivity index is 1.24. The summed E-state index contributed by atoms with van der Waals surface area (Å²) in [6.07, 6.45) is 5.20. The van der Waals surface area contributed by atoms with E-state index >= 15 is 0 Å². The van der Waals surface area contributed by atoms with Crippen molar-refractivity contribution in [1.82, 2.24) is 15.3 Å². The van der Waals surface area contributed by atoms with Crippen LogP contribution in [0.25, 0.3) is 21.8 Å². The first kappa shape index (κ1) is 21.3. The lowest BCUT2D eigenvalue weighted by molar-refractivity contribution is 0.174. The maximum Gasteiger partial charge on any atom is 0.231 e. The number of aliphatic hydroxyl groups is 1. The van der Waals surface area contributed by atoms with Gasteiger partial charge >= 0.3 is 0 Å². The van der Waals surface area contributed by atoms with Crippen LogP contribution in [0.5, 0.6) is 11.5 Å². The standard InChI is InChI=1S/C27H30N4O3/c32-16-18-4-3-9-31(15-18)27-21(10-20-11-25-26(34-17-33-25)12-24(20)30-27)13-28-8-7-19-14-29-23-6-2-1-5-22(19)23/h1-2,5-6,10-12,14,18,28-29,32H,3-4,7-9,13,15-17H2. The molecule has 0 bridgehead atoms. The number of nitrogens with one attached hydrogen (secondary N) is 2. The van der Waals surface area contributed by atoms with E-state index in [2.05, 4.69) is 51.7 Å². The van der Waals surface area contributed by atoms with Crippen molar-refractivity contribution in [2.45, 2.75) is 25.8 Å². The molecule has 0 aliphatic carbocycles. The van der Waals surface area contributed by atoms with Crippen molar-refractivity contribution in [3.63, 3.8) is 0 Å². The van der Waals surface area contributed by atoms with Crippen LogP contribution < -0.4 is 19.7 Å². The number of benzene rings is 2. The summed E-state index contributed by atoms with van der Waals surface area (Å²) in [5.41, 5.74) is 4.59. The minimum atomic E-state index is 0.223. The molecule has 1 saturated heterocycles. The molecule has 0 saturated carbocycles. The summed E-state index contributed by atoms with van der Waals surface area (Å²) in [6.45, 7) is 3.88. The molecule has 2 aromatic heterocycles. The van der Waals surface area contributed by atoms with Crippen molar-refractivity contribution in [2.24, 2.45) is 5.92 Å². The molecule has 1 unspecified atom stereocenters. The van der Waals surface area contributed by atoms with Crippen LogP contribution in [0, 0.1) is 5.92 Å². The monoisotopic (exact) mass is 458 g/mol. The van der Waals surface area contributed by atoms with Crippen molar-refractivity contribution in [3.8, 4) is 11.5 Å². The summed E-state index contributed by atoms with van der Waals surface area (Å²) in [5.74, 6) is 2.83. The number of H-pyrrole nitrogens is 1. The molecule has 4 heterocycles. The zero-order valence-electron chi connectivity index (χ0n) is 19.2. The quantitative estimate of drug-likeness (QED) is 0.364. The number of aromatic amines is 1. The van der Waals surface area contributed by atoms with Crippen molar-refractivity contribution < 1.29 is 14.6 Å². The molecule has 1 atom stereocenters. The van der Waals surface area contributed by atoms with Gasteiger partial charge in [0, 0.05) is 60.4 Å². The number of nitrogens with zero attached hydrogens (tertiary/aromatic N) is 2. The number of rotatable bonds is 7. The third-order valence-electron chi connectivity index (χ3n) is 7.00. The van der Waals surface area contributed by atoms with Crippen LogP contribution in [-0.4, -0.2) is 48.1 Å². The van der Waals surface area contributed by atoms with Gasteiger partial charge < -0.3 is 29.8 Å². The van der Waals surface area contributed by atoms with Gasteiger partial charge in [-0.2, -0.15) is 0 Å². The van der Waals surface area contributed by atoms with Crippen LogP contribution in [0.2, 0.25) is 0 Å². The highest BCUT2D eigenvalue weighted by Gasteiger charge is 2.24. The van der Waals surface area contributed by atoms with Crippen LogP contribution in [0.4, 0.5) is 5.82 Å². The normalized spacial score (nSPS) is 17.7. The van der Waals surface area contributed by atoms with Crippen LogP contribution in [-0.2, 0) is 13.0 Å². The number of anilines is 1. The van der Waals surface area contributed by atoms with Gasteiger partial charge in [-0.3, -0.25) is 0 Å². The molecular formula is C27H30N4O3. The first-order chi connectivity index (χ1) is 16.8. The lowest BCUT2D eigenvalue weighted by atomic mass is 9.98. The van der Waals surface area contributed by atoms with Gasteiger partial charge in [-0.25, -0.2) is 4.98 Å². The number of ether oxygens (including phenoxy) is 2. The fourth-order valence-corrected chi connectivity index (χ4v) is 5.19. The van der Waals surface area contributed by atoms with Gasteiger partial charge in [-0.15, -0.1) is 0 Å². The molecule has 6 rings (SSSR count). The zero-order valence-corrected chi connectivity index (χ0v) is 19.2. The Morgan fingerprint density at radius 2 is 2.00 bits per heavy atom. The van der Waals surface area contributed by atoms with Gasteiger partial charge in [0.2, 0.25) is 6.79 Å². The Morgan fingerprint density at radius 3 is 2.91 bits per heavy atom. The fraction of sp³-hybridized carbons (Fsp3) is 0.370. The van der Waals surface area contributed by atoms with E-state index in [0.29, 0.717) is 5.92 Å². The summed E-state index contributed by atoms with van der Waals surface area (Å²) in [6, 6.07) is 14.7. The SMILES string of the molecule is OCC1CCCN(c2nc3cc4c(cc3cc2CNCCc2c[nH]c3ccccc23)OCO4)C1. The zero-order chi connectivity index (χ0) is 22.9. The van der Waals surface area contributed by atoms with Gasteiger partial charge in [-0.1, -0.05) is 18.2 Å². The van der Waals surface area contributed by atoms with Gasteiger partial charge in [0.15, 0.2) is 11.5 Å². The minimum Gasteiger partial charge on any atom is -0.454 e. The highest BCUT2D eigenvalue weighted by atomic mass is 16.7. The van der Waals surface area contributed by atoms with Crippen LogP contribution >= 0.6 is 0 Å². The summed E-state index contributed by atoms with van der Waals surface area (Å²) in [4.78, 5) is 10.8. The molecule has 0 spiro atoms. The van der Waals surface area contributed by atoms with Gasteiger partial charge in [0.05, 0.1) is 5.52 Å². The molecule has 3 N–H and O–H groups in total. The van der Waals surface area contributed by atoms with E-state index in [4.69, 9.17) is 14.5 Å². The second-order valence-electron chi connectivity index (χ2n) is 9.29. The molecular weight excluding hydrogens is 428 g/mol. The number of piperidine rings is 1. The number of hydrogen-bond acceptors (Lipinski definition) is 6. The number of aliphatic hydroxyl groups excluding tert-OH is 1. The predicted octanol–water partition coefficient (Wildman–Crippen LogP) is 3.99. The molecule has 2 aliphatic heterocycles. The highest BCUT2D eigenvalue weighted by molar-refractivity contribution is 5.86. The average Bonchev–Trinajstić information content (AvgIpc) is 3.51. The first-order valence-corrected chi connectivity index (χ1v) is 12.1. The Morgan fingerprint density at radius 1 is 1.12 bits per heavy atom. The molecule has 34 heavy (non-hydrogen) atoms. The average molecular weight is 459 g/mol. The highest BCUT2D eigenvalue weighted by Crippen LogP contribution is 2.37. The molecule has 0 amide bonds. The third kappa shape index (κ3) is 4.06. The van der Waals surface area contributed by atoms with Crippen LogP contribution in [0.1, 0.15) is 24.0 Å². The number of hydrogen-bond donors (Lipinski definition) is 3. The number of aromatic nitrogens is 2. The third-order valence-corrected chi connectivity index (χ3v) is 7.00. The van der Waals surface area contributed by atoms with Gasteiger partial charge in [0.1, 0.15) is 5.82 Å². The van der Waals surface area contributed by atoms with E-state index in [-0.39, 0.29) is 13.4 Å². The Kier molecular flexibility index (Phi) is 5.73. The van der Waals surface area contributed by atoms with E-state index in [1.807, 2.05) is 12.1 Å². The molecule has 0 radical (unpaired) electrons. The second-order valence-corrected chi connectivity index (χ2v) is 9.29. The fourth-order valence-electron chi connectivity index (χ4n) is 5.19. The topological polar surface area (TPSA) is 82.6 Å². The van der Waals surface area contributed by atoms with Crippen LogP contribution in [0.15, 0.2) is 48.7 Å². The molecule has 2 aliphatic rings. The van der Waals surface area contributed by atoms with E-state index in [1.54, 1.807) is 0 Å². The molecule has 7 heteroatoms. The number of fused-ring (bicyclic) bond motifs is 3. The minimum absolute atomic E-state index is 0.223. The predicted molar refractivity (Wildman–Crippen MR) is 134 cm³/mol.